The van der Waals surface area contributed by atoms with Crippen molar-refractivity contribution in [1.82, 2.24) is 0 Å². The zero-order valence-electron chi connectivity index (χ0n) is 10.1. The number of aliphatic carboxylic acids is 1. The van der Waals surface area contributed by atoms with Crippen LogP contribution in [0.25, 0.3) is 0 Å². The third kappa shape index (κ3) is 4.27. The van der Waals surface area contributed by atoms with Gasteiger partial charge in [0.15, 0.2) is 0 Å². The third-order valence-electron chi connectivity index (χ3n) is 2.71. The molecule has 0 fully saturated rings. The maximum atomic E-state index is 10.8. The average Bonchev–Trinajstić information content (AvgIpc) is 2.28. The van der Waals surface area contributed by atoms with Crippen molar-refractivity contribution >= 4 is 17.6 Å². The highest BCUT2D eigenvalue weighted by molar-refractivity contribution is 6.31. The predicted octanol–water partition coefficient (Wildman–Crippen LogP) is 3.53. The first-order valence-electron chi connectivity index (χ1n) is 5.66. The summed E-state index contributed by atoms with van der Waals surface area (Å²) >= 11 is 5.90. The quantitative estimate of drug-likeness (QED) is 0.847. The highest BCUT2D eigenvalue weighted by Crippen LogP contribution is 2.21. The largest absolute Gasteiger partial charge is 0.494 e. The smallest absolute Gasteiger partial charge is 0.306 e. The molecule has 0 spiro atoms. The summed E-state index contributed by atoms with van der Waals surface area (Å²) in [5.74, 6) is -0.362. The van der Waals surface area contributed by atoms with Crippen LogP contribution < -0.4 is 4.74 Å². The van der Waals surface area contributed by atoms with Crippen LogP contribution in [0, 0.1) is 12.8 Å². The molecule has 3 nitrogen and oxygen atoms in total. The van der Waals surface area contributed by atoms with E-state index in [2.05, 4.69) is 0 Å². The molecule has 17 heavy (non-hydrogen) atoms. The fraction of sp³-hybridized carbons (Fsp3) is 0.462. The molecular formula is C13H17ClO3. The monoisotopic (exact) mass is 256 g/mol. The predicted molar refractivity (Wildman–Crippen MR) is 67.7 cm³/mol. The lowest BCUT2D eigenvalue weighted by molar-refractivity contribution is -0.142. The fourth-order valence-electron chi connectivity index (χ4n) is 1.53. The number of halogens is 1. The van der Waals surface area contributed by atoms with E-state index in [1.807, 2.05) is 19.9 Å². The van der Waals surface area contributed by atoms with Gasteiger partial charge >= 0.3 is 5.97 Å². The van der Waals surface area contributed by atoms with Crippen LogP contribution in [-0.2, 0) is 4.79 Å². The Balaban J connectivity index is 2.45. The summed E-state index contributed by atoms with van der Waals surface area (Å²) in [4.78, 5) is 10.8. The van der Waals surface area contributed by atoms with E-state index >= 15 is 0 Å². The van der Waals surface area contributed by atoms with Gasteiger partial charge in [0.1, 0.15) is 5.75 Å². The van der Waals surface area contributed by atoms with Gasteiger partial charge in [-0.05, 0) is 43.5 Å². The lowest BCUT2D eigenvalue weighted by atomic mass is 10.0. The number of carboxylic acid groups (broad SMARTS) is 1. The molecule has 1 unspecified atom stereocenters. The zero-order chi connectivity index (χ0) is 12.8. The second kappa shape index (κ2) is 6.50. The molecule has 0 aliphatic carbocycles. The highest BCUT2D eigenvalue weighted by atomic mass is 35.5. The Morgan fingerprint density at radius 3 is 2.76 bits per heavy atom. The van der Waals surface area contributed by atoms with E-state index in [9.17, 15) is 4.79 Å². The van der Waals surface area contributed by atoms with Crippen LogP contribution in [0.5, 0.6) is 5.75 Å². The summed E-state index contributed by atoms with van der Waals surface area (Å²) in [5, 5.41) is 9.58. The molecule has 0 saturated carbocycles. The van der Waals surface area contributed by atoms with Crippen LogP contribution in [0.2, 0.25) is 5.02 Å². The molecule has 0 radical (unpaired) electrons. The van der Waals surface area contributed by atoms with Gasteiger partial charge in [0.2, 0.25) is 0 Å². The summed E-state index contributed by atoms with van der Waals surface area (Å²) in [6.07, 6.45) is 1.14. The van der Waals surface area contributed by atoms with Gasteiger partial charge in [-0.1, -0.05) is 18.5 Å². The number of aryl methyl sites for hydroxylation is 1. The molecule has 4 heteroatoms. The minimum Gasteiger partial charge on any atom is -0.494 e. The Morgan fingerprint density at radius 1 is 1.53 bits per heavy atom. The number of rotatable bonds is 6. The minimum absolute atomic E-state index is 0.330. The molecule has 0 aliphatic heterocycles. The van der Waals surface area contributed by atoms with Gasteiger partial charge in [-0.25, -0.2) is 0 Å². The van der Waals surface area contributed by atoms with Crippen molar-refractivity contribution in [3.05, 3.63) is 28.8 Å². The van der Waals surface area contributed by atoms with E-state index in [1.54, 1.807) is 12.1 Å². The summed E-state index contributed by atoms with van der Waals surface area (Å²) in [6.45, 7) is 4.18. The van der Waals surface area contributed by atoms with Gasteiger partial charge < -0.3 is 9.84 Å². The first kappa shape index (κ1) is 13.8. The minimum atomic E-state index is -0.761. The van der Waals surface area contributed by atoms with Gasteiger partial charge in [0, 0.05) is 5.02 Å². The van der Waals surface area contributed by atoms with Crippen LogP contribution in [0.15, 0.2) is 18.2 Å². The first-order chi connectivity index (χ1) is 8.04. The number of hydrogen-bond acceptors (Lipinski definition) is 2. The van der Waals surface area contributed by atoms with Crippen LogP contribution in [0.3, 0.4) is 0 Å². The molecule has 0 saturated heterocycles. The lowest BCUT2D eigenvalue weighted by Gasteiger charge is -2.11. The topological polar surface area (TPSA) is 46.5 Å². The molecule has 1 atom stereocenters. The molecular weight excluding hydrogens is 240 g/mol. The Kier molecular flexibility index (Phi) is 5.29. The maximum absolute atomic E-state index is 10.8. The van der Waals surface area contributed by atoms with Crippen molar-refractivity contribution in [2.24, 2.45) is 5.92 Å². The van der Waals surface area contributed by atoms with E-state index in [-0.39, 0.29) is 5.92 Å². The highest BCUT2D eigenvalue weighted by Gasteiger charge is 2.14. The number of carbonyl (C=O) groups is 1. The Hall–Kier alpha value is -1.22. The third-order valence-corrected chi connectivity index (χ3v) is 3.13. The van der Waals surface area contributed by atoms with Gasteiger partial charge in [-0.3, -0.25) is 4.79 Å². The number of benzene rings is 1. The van der Waals surface area contributed by atoms with Crippen molar-refractivity contribution in [1.29, 1.82) is 0 Å². The molecule has 1 aromatic carbocycles. The number of ether oxygens (including phenoxy) is 1. The summed E-state index contributed by atoms with van der Waals surface area (Å²) in [7, 11) is 0. The SMILES string of the molecule is CCC(CCOc1ccc(Cl)c(C)c1)C(=O)O. The van der Waals surface area contributed by atoms with Crippen LogP contribution in [0.4, 0.5) is 0 Å². The summed E-state index contributed by atoms with van der Waals surface area (Å²) in [5.41, 5.74) is 0.953. The maximum Gasteiger partial charge on any atom is 0.306 e. The van der Waals surface area contributed by atoms with E-state index in [4.69, 9.17) is 21.4 Å². The summed E-state index contributed by atoms with van der Waals surface area (Å²) < 4.78 is 5.50. The fourth-order valence-corrected chi connectivity index (χ4v) is 1.65. The van der Waals surface area contributed by atoms with Gasteiger partial charge in [0.05, 0.1) is 12.5 Å². The van der Waals surface area contributed by atoms with E-state index in [0.717, 1.165) is 11.3 Å². The Morgan fingerprint density at radius 2 is 2.24 bits per heavy atom. The van der Waals surface area contributed by atoms with Crippen LogP contribution in [-0.4, -0.2) is 17.7 Å². The number of carboxylic acids is 1. The van der Waals surface area contributed by atoms with Crippen molar-refractivity contribution in [2.75, 3.05) is 6.61 Å². The second-order valence-electron chi connectivity index (χ2n) is 3.99. The van der Waals surface area contributed by atoms with Crippen LogP contribution in [0.1, 0.15) is 25.3 Å². The zero-order valence-corrected chi connectivity index (χ0v) is 10.8. The van der Waals surface area contributed by atoms with Crippen molar-refractivity contribution in [3.63, 3.8) is 0 Å². The summed E-state index contributed by atoms with van der Waals surface area (Å²) in [6, 6.07) is 5.42. The molecule has 0 bridgehead atoms. The van der Waals surface area contributed by atoms with E-state index in [1.165, 1.54) is 0 Å². The first-order valence-corrected chi connectivity index (χ1v) is 6.04. The van der Waals surface area contributed by atoms with Gasteiger partial charge in [-0.2, -0.15) is 0 Å². The Bertz CT molecular complexity index is 390. The molecule has 1 N–H and O–H groups in total. The second-order valence-corrected chi connectivity index (χ2v) is 4.40. The van der Waals surface area contributed by atoms with E-state index < -0.39 is 5.97 Å². The average molecular weight is 257 g/mol. The Labute approximate surface area is 106 Å². The number of hydrogen-bond donors (Lipinski definition) is 1. The van der Waals surface area contributed by atoms with E-state index in [0.29, 0.717) is 24.5 Å². The molecule has 94 valence electrons. The molecule has 0 heterocycles. The van der Waals surface area contributed by atoms with Gasteiger partial charge in [-0.15, -0.1) is 0 Å². The van der Waals surface area contributed by atoms with Crippen molar-refractivity contribution < 1.29 is 14.6 Å². The molecule has 0 aliphatic rings. The lowest BCUT2D eigenvalue weighted by Crippen LogP contribution is -2.15. The molecule has 0 amide bonds. The van der Waals surface area contributed by atoms with Gasteiger partial charge in [0.25, 0.3) is 0 Å². The van der Waals surface area contributed by atoms with Crippen LogP contribution >= 0.6 is 11.6 Å². The van der Waals surface area contributed by atoms with Crippen molar-refractivity contribution in [3.8, 4) is 5.75 Å². The molecule has 0 aromatic heterocycles. The standard InChI is InChI=1S/C13H17ClO3/c1-3-10(13(15)16)6-7-17-11-4-5-12(14)9(2)8-11/h4-5,8,10H,3,6-7H2,1-2H3,(H,15,16). The van der Waals surface area contributed by atoms with Crippen molar-refractivity contribution in [2.45, 2.75) is 26.7 Å². The molecule has 1 rings (SSSR count). The molecule has 1 aromatic rings. The normalized spacial score (nSPS) is 12.2.